The van der Waals surface area contributed by atoms with Gasteiger partial charge in [-0.25, -0.2) is 0 Å². The molecule has 0 unspecified atom stereocenters. The van der Waals surface area contributed by atoms with Crippen LogP contribution in [-0.2, 0) is 0 Å². The molecule has 0 aliphatic rings. The van der Waals surface area contributed by atoms with Crippen molar-refractivity contribution in [3.63, 3.8) is 0 Å². The molecule has 0 atom stereocenters. The first-order valence-electron chi connectivity index (χ1n) is 3.63. The minimum absolute atomic E-state index is 0.694. The molecule has 2 nitrogen and oxygen atoms in total. The molecule has 0 N–H and O–H groups in total. The lowest BCUT2D eigenvalue weighted by Crippen LogP contribution is -1.58. The van der Waals surface area contributed by atoms with Crippen molar-refractivity contribution >= 4 is 0 Å². The first kappa shape index (κ1) is 9.64. The number of pyridine rings is 1. The summed E-state index contributed by atoms with van der Waals surface area (Å²) in [6, 6.07) is 7.73. The Morgan fingerprint density at radius 2 is 1.91 bits per heavy atom. The summed E-state index contributed by atoms with van der Waals surface area (Å²) < 4.78 is 0. The van der Waals surface area contributed by atoms with Crippen molar-refractivity contribution in [2.24, 2.45) is 0 Å². The molecule has 1 aromatic heterocycles. The van der Waals surface area contributed by atoms with Gasteiger partial charge >= 0.3 is 0 Å². The summed E-state index contributed by atoms with van der Waals surface area (Å²) in [7, 11) is 0. The van der Waals surface area contributed by atoms with Crippen LogP contribution in [0, 0.1) is 11.3 Å². The Bertz CT molecular complexity index is 162. The standard InChI is InChI=1S/C5H5N.C4H7N/c1-2-4-6-5-3-1;1-2-3-4-5/h1-5H;2-3H2,1H3. The molecule has 0 bridgehead atoms. The zero-order valence-corrected chi connectivity index (χ0v) is 6.70. The summed E-state index contributed by atoms with van der Waals surface area (Å²) in [6.45, 7) is 1.99. The van der Waals surface area contributed by atoms with Gasteiger partial charge in [0.05, 0.1) is 6.07 Å². The molecule has 0 aliphatic heterocycles. The Morgan fingerprint density at radius 3 is 2.00 bits per heavy atom. The second-order valence-electron chi connectivity index (χ2n) is 1.93. The fourth-order valence-electron chi connectivity index (χ4n) is 0.424. The smallest absolute Gasteiger partial charge is 0.0621 e. The fourth-order valence-corrected chi connectivity index (χ4v) is 0.424. The van der Waals surface area contributed by atoms with Gasteiger partial charge in [-0.2, -0.15) is 5.26 Å². The molecule has 0 spiro atoms. The van der Waals surface area contributed by atoms with Gasteiger partial charge in [0.2, 0.25) is 0 Å². The number of aromatic nitrogens is 1. The van der Waals surface area contributed by atoms with E-state index in [2.05, 4.69) is 4.98 Å². The minimum Gasteiger partial charge on any atom is -0.265 e. The van der Waals surface area contributed by atoms with Crippen molar-refractivity contribution in [1.29, 1.82) is 5.26 Å². The summed E-state index contributed by atoms with van der Waals surface area (Å²) in [4.78, 5) is 3.78. The topological polar surface area (TPSA) is 36.7 Å². The predicted octanol–water partition coefficient (Wildman–Crippen LogP) is 2.39. The van der Waals surface area contributed by atoms with Crippen LogP contribution in [0.5, 0.6) is 0 Å². The van der Waals surface area contributed by atoms with Crippen molar-refractivity contribution in [2.45, 2.75) is 19.8 Å². The highest BCUT2D eigenvalue weighted by Crippen LogP contribution is 1.77. The van der Waals surface area contributed by atoms with Gasteiger partial charge in [-0.05, 0) is 18.6 Å². The highest BCUT2D eigenvalue weighted by molar-refractivity contribution is 4.88. The van der Waals surface area contributed by atoms with Crippen molar-refractivity contribution in [1.82, 2.24) is 4.98 Å². The Labute approximate surface area is 67.5 Å². The fraction of sp³-hybridized carbons (Fsp3) is 0.333. The largest absolute Gasteiger partial charge is 0.265 e. The van der Waals surface area contributed by atoms with Crippen LogP contribution in [0.25, 0.3) is 0 Å². The zero-order valence-electron chi connectivity index (χ0n) is 6.70. The maximum absolute atomic E-state index is 7.82. The van der Waals surface area contributed by atoms with Crippen LogP contribution in [0.2, 0.25) is 0 Å². The van der Waals surface area contributed by atoms with E-state index in [1.54, 1.807) is 12.4 Å². The second-order valence-corrected chi connectivity index (χ2v) is 1.93. The van der Waals surface area contributed by atoms with E-state index in [9.17, 15) is 0 Å². The van der Waals surface area contributed by atoms with E-state index in [1.165, 1.54) is 0 Å². The average molecular weight is 148 g/mol. The zero-order chi connectivity index (χ0) is 8.36. The first-order valence-corrected chi connectivity index (χ1v) is 3.63. The van der Waals surface area contributed by atoms with Crippen molar-refractivity contribution in [3.8, 4) is 6.07 Å². The molecule has 0 aliphatic carbocycles. The molecule has 11 heavy (non-hydrogen) atoms. The summed E-state index contributed by atoms with van der Waals surface area (Å²) in [5.74, 6) is 0. The molecule has 0 saturated carbocycles. The number of hydrogen-bond acceptors (Lipinski definition) is 2. The summed E-state index contributed by atoms with van der Waals surface area (Å²) in [6.07, 6.45) is 5.18. The number of unbranched alkanes of at least 4 members (excludes halogenated alkanes) is 1. The lowest BCUT2D eigenvalue weighted by atomic mass is 10.4. The molecule has 0 saturated heterocycles. The van der Waals surface area contributed by atoms with Crippen LogP contribution in [-0.4, -0.2) is 4.98 Å². The lowest BCUT2D eigenvalue weighted by Gasteiger charge is -1.70. The van der Waals surface area contributed by atoms with E-state index in [1.807, 2.05) is 31.2 Å². The summed E-state index contributed by atoms with van der Waals surface area (Å²) in [5, 5.41) is 7.82. The molecule has 2 heteroatoms. The van der Waals surface area contributed by atoms with E-state index in [4.69, 9.17) is 5.26 Å². The van der Waals surface area contributed by atoms with Crippen LogP contribution in [0.4, 0.5) is 0 Å². The molecule has 1 rings (SSSR count). The first-order chi connectivity index (χ1) is 5.41. The summed E-state index contributed by atoms with van der Waals surface area (Å²) in [5.41, 5.74) is 0. The maximum Gasteiger partial charge on any atom is 0.0621 e. The predicted molar refractivity (Wildman–Crippen MR) is 44.8 cm³/mol. The van der Waals surface area contributed by atoms with Crippen molar-refractivity contribution in [2.75, 3.05) is 0 Å². The van der Waals surface area contributed by atoms with Crippen LogP contribution < -0.4 is 0 Å². The maximum atomic E-state index is 7.82. The monoisotopic (exact) mass is 148 g/mol. The third kappa shape index (κ3) is 8.64. The molecule has 0 radical (unpaired) electrons. The Kier molecular flexibility index (Phi) is 7.57. The van der Waals surface area contributed by atoms with Crippen LogP contribution in [0.1, 0.15) is 19.8 Å². The summed E-state index contributed by atoms with van der Waals surface area (Å²) >= 11 is 0. The average Bonchev–Trinajstić information content (AvgIpc) is 2.10. The number of nitrogens with zero attached hydrogens (tertiary/aromatic N) is 2. The van der Waals surface area contributed by atoms with Crippen molar-refractivity contribution < 1.29 is 0 Å². The van der Waals surface area contributed by atoms with Gasteiger partial charge < -0.3 is 0 Å². The lowest BCUT2D eigenvalue weighted by molar-refractivity contribution is 0.969. The van der Waals surface area contributed by atoms with Gasteiger partial charge in [-0.1, -0.05) is 13.0 Å². The second kappa shape index (κ2) is 8.64. The quantitative estimate of drug-likeness (QED) is 0.613. The Hall–Kier alpha value is -1.36. The Balaban J connectivity index is 0.000000187. The number of nitriles is 1. The van der Waals surface area contributed by atoms with Gasteiger partial charge in [0.25, 0.3) is 0 Å². The van der Waals surface area contributed by atoms with Crippen LogP contribution in [0.15, 0.2) is 30.6 Å². The van der Waals surface area contributed by atoms with E-state index in [-0.39, 0.29) is 0 Å². The third-order valence-corrected chi connectivity index (χ3v) is 0.928. The normalized spacial score (nSPS) is 7.27. The van der Waals surface area contributed by atoms with Gasteiger partial charge in [0.1, 0.15) is 0 Å². The third-order valence-electron chi connectivity index (χ3n) is 0.928. The highest BCUT2D eigenvalue weighted by Gasteiger charge is 1.65. The SMILES string of the molecule is CCCC#N.c1ccncc1. The van der Waals surface area contributed by atoms with Gasteiger partial charge in [-0.3, -0.25) is 4.98 Å². The molecule has 1 heterocycles. The molecule has 58 valence electrons. The van der Waals surface area contributed by atoms with Gasteiger partial charge in [-0.15, -0.1) is 0 Å². The van der Waals surface area contributed by atoms with E-state index < -0.39 is 0 Å². The van der Waals surface area contributed by atoms with E-state index >= 15 is 0 Å². The van der Waals surface area contributed by atoms with Gasteiger partial charge in [0, 0.05) is 18.8 Å². The Morgan fingerprint density at radius 1 is 1.27 bits per heavy atom. The highest BCUT2D eigenvalue weighted by atomic mass is 14.6. The van der Waals surface area contributed by atoms with E-state index in [0.717, 1.165) is 6.42 Å². The number of hydrogen-bond donors (Lipinski definition) is 0. The van der Waals surface area contributed by atoms with Crippen molar-refractivity contribution in [3.05, 3.63) is 30.6 Å². The number of rotatable bonds is 1. The van der Waals surface area contributed by atoms with Crippen LogP contribution in [0.3, 0.4) is 0 Å². The van der Waals surface area contributed by atoms with Crippen LogP contribution >= 0.6 is 0 Å². The molecule has 0 fully saturated rings. The molecular formula is C9H12N2. The minimum atomic E-state index is 0.694. The molecule has 0 amide bonds. The molecular weight excluding hydrogens is 136 g/mol. The van der Waals surface area contributed by atoms with Gasteiger partial charge in [0.15, 0.2) is 0 Å². The molecule has 0 aromatic carbocycles. The van der Waals surface area contributed by atoms with E-state index in [0.29, 0.717) is 6.42 Å². The molecule has 1 aromatic rings.